The molecule has 0 amide bonds. The molecule has 1 heterocycles. The van der Waals surface area contributed by atoms with Crippen molar-refractivity contribution in [2.75, 3.05) is 26.2 Å². The molecule has 1 aromatic carbocycles. The highest BCUT2D eigenvalue weighted by Crippen LogP contribution is 2.15. The van der Waals surface area contributed by atoms with E-state index < -0.39 is 0 Å². The Labute approximate surface area is 134 Å². The quantitative estimate of drug-likeness (QED) is 0.766. The van der Waals surface area contributed by atoms with Gasteiger partial charge in [-0.05, 0) is 82.4 Å². The number of rotatable bonds is 7. The standard InChI is InChI=1S/C18H29ClN2/c1-15-8-12-21(13-9-15)11-3-10-20-16(2)14-17-4-6-18(19)7-5-17/h4-7,15-16,20H,3,8-14H2,1-2H3. The molecule has 21 heavy (non-hydrogen) atoms. The molecule has 2 nitrogen and oxygen atoms in total. The van der Waals surface area contributed by atoms with E-state index >= 15 is 0 Å². The number of nitrogens with one attached hydrogen (secondary N) is 1. The van der Waals surface area contributed by atoms with Gasteiger partial charge in [0.15, 0.2) is 0 Å². The smallest absolute Gasteiger partial charge is 0.0406 e. The molecule has 3 heteroatoms. The lowest BCUT2D eigenvalue weighted by atomic mass is 9.99. The summed E-state index contributed by atoms with van der Waals surface area (Å²) >= 11 is 5.91. The summed E-state index contributed by atoms with van der Waals surface area (Å²) in [6, 6.07) is 8.71. The zero-order valence-corrected chi connectivity index (χ0v) is 14.2. The van der Waals surface area contributed by atoms with Crippen molar-refractivity contribution in [1.82, 2.24) is 10.2 Å². The predicted octanol–water partition coefficient (Wildman–Crippen LogP) is 3.98. The van der Waals surface area contributed by atoms with Crippen molar-refractivity contribution in [1.29, 1.82) is 0 Å². The molecule has 0 spiro atoms. The summed E-state index contributed by atoms with van der Waals surface area (Å²) < 4.78 is 0. The van der Waals surface area contributed by atoms with Gasteiger partial charge in [-0.15, -0.1) is 0 Å². The van der Waals surface area contributed by atoms with Crippen LogP contribution in [0.4, 0.5) is 0 Å². The number of piperidine rings is 1. The summed E-state index contributed by atoms with van der Waals surface area (Å²) in [5.41, 5.74) is 1.35. The Morgan fingerprint density at radius 2 is 1.90 bits per heavy atom. The molecule has 0 radical (unpaired) electrons. The van der Waals surface area contributed by atoms with E-state index in [4.69, 9.17) is 11.6 Å². The Kier molecular flexibility index (Phi) is 7.01. The fraction of sp³-hybridized carbons (Fsp3) is 0.667. The van der Waals surface area contributed by atoms with Crippen LogP contribution in [-0.4, -0.2) is 37.1 Å². The summed E-state index contributed by atoms with van der Waals surface area (Å²) in [4.78, 5) is 2.62. The van der Waals surface area contributed by atoms with Crippen LogP contribution < -0.4 is 5.32 Å². The number of nitrogens with zero attached hydrogens (tertiary/aromatic N) is 1. The molecule has 0 saturated carbocycles. The van der Waals surface area contributed by atoms with Crippen molar-refractivity contribution >= 4 is 11.6 Å². The fourth-order valence-electron chi connectivity index (χ4n) is 2.98. The molecule has 1 aliphatic rings. The maximum Gasteiger partial charge on any atom is 0.0406 e. The average Bonchev–Trinajstić information content (AvgIpc) is 2.48. The molecule has 0 bridgehead atoms. The highest BCUT2D eigenvalue weighted by molar-refractivity contribution is 6.30. The summed E-state index contributed by atoms with van der Waals surface area (Å²) in [5.74, 6) is 0.929. The Balaban J connectivity index is 1.57. The van der Waals surface area contributed by atoms with E-state index in [1.165, 1.54) is 44.5 Å². The zero-order valence-electron chi connectivity index (χ0n) is 13.4. The van der Waals surface area contributed by atoms with Crippen LogP contribution in [0.3, 0.4) is 0 Å². The SMILES string of the molecule is CC1CCN(CCCNC(C)Cc2ccc(Cl)cc2)CC1. The molecule has 1 N–H and O–H groups in total. The Morgan fingerprint density at radius 3 is 2.57 bits per heavy atom. The molecule has 1 fully saturated rings. The van der Waals surface area contributed by atoms with Gasteiger partial charge in [0, 0.05) is 11.1 Å². The molecular formula is C18H29ClN2. The molecule has 0 aliphatic carbocycles. The molecule has 1 saturated heterocycles. The van der Waals surface area contributed by atoms with E-state index in [9.17, 15) is 0 Å². The van der Waals surface area contributed by atoms with Crippen LogP contribution in [0.2, 0.25) is 5.02 Å². The molecule has 1 atom stereocenters. The van der Waals surface area contributed by atoms with Gasteiger partial charge in [0.05, 0.1) is 0 Å². The first-order valence-corrected chi connectivity index (χ1v) is 8.71. The van der Waals surface area contributed by atoms with Crippen LogP contribution in [0.5, 0.6) is 0 Å². The summed E-state index contributed by atoms with van der Waals surface area (Å²) in [6.45, 7) is 9.58. The third-order valence-electron chi connectivity index (χ3n) is 4.48. The highest BCUT2D eigenvalue weighted by Gasteiger charge is 2.14. The third-order valence-corrected chi connectivity index (χ3v) is 4.73. The average molecular weight is 309 g/mol. The molecule has 118 valence electrons. The van der Waals surface area contributed by atoms with Crippen LogP contribution in [0.15, 0.2) is 24.3 Å². The maximum absolute atomic E-state index is 5.91. The molecule has 1 aliphatic heterocycles. The van der Waals surface area contributed by atoms with Gasteiger partial charge in [-0.1, -0.05) is 30.7 Å². The second-order valence-corrected chi connectivity index (χ2v) is 7.00. The van der Waals surface area contributed by atoms with Crippen molar-refractivity contribution < 1.29 is 0 Å². The van der Waals surface area contributed by atoms with E-state index in [0.29, 0.717) is 6.04 Å². The number of hydrogen-bond acceptors (Lipinski definition) is 2. The minimum absolute atomic E-state index is 0.521. The molecule has 1 unspecified atom stereocenters. The van der Waals surface area contributed by atoms with Gasteiger partial charge in [0.2, 0.25) is 0 Å². The number of benzene rings is 1. The van der Waals surface area contributed by atoms with E-state index in [1.807, 2.05) is 12.1 Å². The van der Waals surface area contributed by atoms with Crippen LogP contribution in [-0.2, 0) is 6.42 Å². The van der Waals surface area contributed by atoms with E-state index in [2.05, 4.69) is 36.2 Å². The second kappa shape index (κ2) is 8.77. The monoisotopic (exact) mass is 308 g/mol. The van der Waals surface area contributed by atoms with Crippen LogP contribution in [0.25, 0.3) is 0 Å². The summed E-state index contributed by atoms with van der Waals surface area (Å²) in [6.07, 6.45) is 5.07. The van der Waals surface area contributed by atoms with Crippen molar-refractivity contribution in [2.45, 2.75) is 45.6 Å². The predicted molar refractivity (Wildman–Crippen MR) is 92.1 cm³/mol. The van der Waals surface area contributed by atoms with E-state index in [0.717, 1.165) is 23.9 Å². The van der Waals surface area contributed by atoms with Crippen LogP contribution in [0.1, 0.15) is 38.7 Å². The zero-order chi connectivity index (χ0) is 15.1. The minimum Gasteiger partial charge on any atom is -0.314 e. The number of halogens is 1. The lowest BCUT2D eigenvalue weighted by Gasteiger charge is -2.30. The number of likely N-dealkylation sites (tertiary alicyclic amines) is 1. The van der Waals surface area contributed by atoms with Gasteiger partial charge >= 0.3 is 0 Å². The normalized spacial score (nSPS) is 18.8. The van der Waals surface area contributed by atoms with Crippen LogP contribution >= 0.6 is 11.6 Å². The van der Waals surface area contributed by atoms with Gasteiger partial charge in [0.25, 0.3) is 0 Å². The van der Waals surface area contributed by atoms with E-state index in [-0.39, 0.29) is 0 Å². The van der Waals surface area contributed by atoms with Crippen LogP contribution in [0, 0.1) is 5.92 Å². The van der Waals surface area contributed by atoms with Crippen molar-refractivity contribution in [3.05, 3.63) is 34.9 Å². The molecule has 1 aromatic rings. The molecule has 2 rings (SSSR count). The summed E-state index contributed by atoms with van der Waals surface area (Å²) in [5, 5.41) is 4.45. The Bertz CT molecular complexity index is 396. The van der Waals surface area contributed by atoms with Crippen molar-refractivity contribution in [3.63, 3.8) is 0 Å². The lowest BCUT2D eigenvalue weighted by molar-refractivity contribution is 0.190. The number of hydrogen-bond donors (Lipinski definition) is 1. The van der Waals surface area contributed by atoms with Crippen molar-refractivity contribution in [2.24, 2.45) is 5.92 Å². The van der Waals surface area contributed by atoms with Gasteiger partial charge in [-0.3, -0.25) is 0 Å². The topological polar surface area (TPSA) is 15.3 Å². The first kappa shape index (κ1) is 16.8. The van der Waals surface area contributed by atoms with Gasteiger partial charge in [0.1, 0.15) is 0 Å². The van der Waals surface area contributed by atoms with Gasteiger partial charge in [-0.2, -0.15) is 0 Å². The van der Waals surface area contributed by atoms with Gasteiger partial charge < -0.3 is 10.2 Å². The third kappa shape index (κ3) is 6.37. The first-order valence-electron chi connectivity index (χ1n) is 8.33. The van der Waals surface area contributed by atoms with E-state index in [1.54, 1.807) is 0 Å². The molecule has 0 aromatic heterocycles. The van der Waals surface area contributed by atoms with Gasteiger partial charge in [-0.25, -0.2) is 0 Å². The maximum atomic E-state index is 5.91. The largest absolute Gasteiger partial charge is 0.314 e. The minimum atomic E-state index is 0.521. The Morgan fingerprint density at radius 1 is 1.24 bits per heavy atom. The first-order chi connectivity index (χ1) is 10.1. The lowest BCUT2D eigenvalue weighted by Crippen LogP contribution is -2.36. The second-order valence-electron chi connectivity index (χ2n) is 6.56. The summed E-state index contributed by atoms with van der Waals surface area (Å²) in [7, 11) is 0. The fourth-order valence-corrected chi connectivity index (χ4v) is 3.11. The molecular weight excluding hydrogens is 280 g/mol. The highest BCUT2D eigenvalue weighted by atomic mass is 35.5. The Hall–Kier alpha value is -0.570. The van der Waals surface area contributed by atoms with Crippen molar-refractivity contribution in [3.8, 4) is 0 Å².